The second-order valence-corrected chi connectivity index (χ2v) is 9.10. The molecular formula is C25H43N3O2S. The van der Waals surface area contributed by atoms with Crippen LogP contribution in [-0.2, 0) is 9.53 Å². The molecule has 0 saturated heterocycles. The van der Waals surface area contributed by atoms with Crippen molar-refractivity contribution in [1.29, 1.82) is 0 Å². The Labute approximate surface area is 194 Å². The van der Waals surface area contributed by atoms with Gasteiger partial charge in [-0.05, 0) is 53.4 Å². The first-order valence-electron chi connectivity index (χ1n) is 10.9. The van der Waals surface area contributed by atoms with Crippen LogP contribution in [0.15, 0.2) is 59.6 Å². The Morgan fingerprint density at radius 3 is 2.19 bits per heavy atom. The van der Waals surface area contributed by atoms with Crippen LogP contribution in [0.2, 0.25) is 0 Å². The van der Waals surface area contributed by atoms with Gasteiger partial charge in [0.1, 0.15) is 0 Å². The van der Waals surface area contributed by atoms with Gasteiger partial charge >= 0.3 is 0 Å². The van der Waals surface area contributed by atoms with Gasteiger partial charge in [-0.15, -0.1) is 0 Å². The van der Waals surface area contributed by atoms with E-state index in [4.69, 9.17) is 10.6 Å². The molecule has 1 unspecified atom stereocenters. The number of carbonyl (C=O) groups excluding carboxylic acids is 1. The highest BCUT2D eigenvalue weighted by molar-refractivity contribution is 7.99. The minimum atomic E-state index is -0.224. The number of hydrazine groups is 1. The zero-order valence-electron chi connectivity index (χ0n) is 20.2. The van der Waals surface area contributed by atoms with E-state index in [1.54, 1.807) is 18.9 Å². The smallest absolute Gasteiger partial charge is 0.221 e. The summed E-state index contributed by atoms with van der Waals surface area (Å²) < 4.78 is 5.00. The molecule has 1 atom stereocenters. The lowest BCUT2D eigenvalue weighted by Crippen LogP contribution is -2.43. The van der Waals surface area contributed by atoms with Crippen molar-refractivity contribution in [3.63, 3.8) is 0 Å². The van der Waals surface area contributed by atoms with Crippen molar-refractivity contribution in [2.24, 2.45) is 5.84 Å². The first-order valence-corrected chi connectivity index (χ1v) is 12.0. The molecule has 176 valence electrons. The van der Waals surface area contributed by atoms with E-state index in [9.17, 15) is 4.79 Å². The maximum atomic E-state index is 12.2. The molecule has 6 heteroatoms. The molecule has 1 amide bonds. The molecule has 0 aromatic rings. The first kappa shape index (κ1) is 29.1. The van der Waals surface area contributed by atoms with Crippen molar-refractivity contribution in [3.8, 4) is 0 Å². The van der Waals surface area contributed by atoms with E-state index in [0.29, 0.717) is 30.1 Å². The zero-order valence-corrected chi connectivity index (χ0v) is 21.0. The van der Waals surface area contributed by atoms with E-state index < -0.39 is 0 Å². The SMILES string of the molecule is C=C(CCC(=O)NC(CSC/C=C(\C)CC/C=C(\C)CCC=C(C)C)C(=C)NN)OC. The number of nitrogens with one attached hydrogen (secondary N) is 2. The number of rotatable bonds is 17. The number of hydrogen-bond acceptors (Lipinski definition) is 5. The van der Waals surface area contributed by atoms with Gasteiger partial charge in [-0.2, -0.15) is 11.8 Å². The fourth-order valence-corrected chi connectivity index (χ4v) is 3.74. The van der Waals surface area contributed by atoms with Crippen LogP contribution in [0.3, 0.4) is 0 Å². The molecule has 0 aromatic carbocycles. The van der Waals surface area contributed by atoms with Crippen LogP contribution in [0.5, 0.6) is 0 Å². The van der Waals surface area contributed by atoms with Gasteiger partial charge in [-0.25, -0.2) is 0 Å². The molecule has 0 fully saturated rings. The van der Waals surface area contributed by atoms with Crippen LogP contribution in [0.4, 0.5) is 0 Å². The molecule has 31 heavy (non-hydrogen) atoms. The summed E-state index contributed by atoms with van der Waals surface area (Å²) in [5.74, 6) is 7.62. The fraction of sp³-hybridized carbons (Fsp3) is 0.560. The summed E-state index contributed by atoms with van der Waals surface area (Å²) in [6.45, 7) is 16.3. The van der Waals surface area contributed by atoms with Crippen LogP contribution in [-0.4, -0.2) is 30.6 Å². The van der Waals surface area contributed by atoms with Crippen molar-refractivity contribution in [2.45, 2.75) is 72.3 Å². The third-order valence-electron chi connectivity index (χ3n) is 4.82. The van der Waals surface area contributed by atoms with Gasteiger partial charge in [0.15, 0.2) is 0 Å². The fourth-order valence-electron chi connectivity index (χ4n) is 2.68. The third-order valence-corrected chi connectivity index (χ3v) is 5.79. The van der Waals surface area contributed by atoms with Crippen LogP contribution in [0.25, 0.3) is 0 Å². The topological polar surface area (TPSA) is 76.4 Å². The molecule has 0 aliphatic rings. The summed E-state index contributed by atoms with van der Waals surface area (Å²) in [4.78, 5) is 12.2. The lowest BCUT2D eigenvalue weighted by molar-refractivity contribution is -0.121. The minimum absolute atomic E-state index is 0.0707. The number of thioether (sulfide) groups is 1. The number of nitrogens with two attached hydrogens (primary N) is 1. The van der Waals surface area contributed by atoms with E-state index in [2.05, 4.69) is 69.8 Å². The van der Waals surface area contributed by atoms with E-state index in [0.717, 1.165) is 31.4 Å². The molecule has 4 N–H and O–H groups in total. The monoisotopic (exact) mass is 449 g/mol. The summed E-state index contributed by atoms with van der Waals surface area (Å²) in [6, 6.07) is -0.224. The van der Waals surface area contributed by atoms with Crippen molar-refractivity contribution in [3.05, 3.63) is 59.6 Å². The predicted molar refractivity (Wildman–Crippen MR) is 137 cm³/mol. The highest BCUT2D eigenvalue weighted by Gasteiger charge is 2.15. The predicted octanol–water partition coefficient (Wildman–Crippen LogP) is 5.54. The van der Waals surface area contributed by atoms with Gasteiger partial charge in [-0.3, -0.25) is 10.6 Å². The Morgan fingerprint density at radius 2 is 1.61 bits per heavy atom. The largest absolute Gasteiger partial charge is 0.502 e. The van der Waals surface area contributed by atoms with Crippen molar-refractivity contribution >= 4 is 17.7 Å². The molecule has 5 nitrogen and oxygen atoms in total. The zero-order chi connectivity index (χ0) is 23.6. The maximum Gasteiger partial charge on any atom is 0.221 e. The van der Waals surface area contributed by atoms with E-state index in [-0.39, 0.29) is 11.9 Å². The average Bonchev–Trinajstić information content (AvgIpc) is 2.73. The van der Waals surface area contributed by atoms with Gasteiger partial charge < -0.3 is 15.5 Å². The Bertz CT molecular complexity index is 662. The molecule has 0 radical (unpaired) electrons. The Kier molecular flexibility index (Phi) is 16.6. The first-order chi connectivity index (χ1) is 14.7. The Morgan fingerprint density at radius 1 is 1.00 bits per heavy atom. The molecule has 0 aliphatic carbocycles. The molecular weight excluding hydrogens is 406 g/mol. The summed E-state index contributed by atoms with van der Waals surface area (Å²) in [7, 11) is 1.55. The Balaban J connectivity index is 4.34. The number of ether oxygens (including phenoxy) is 1. The standard InChI is InChI=1S/C25H43N3O2S/c1-19(2)10-8-11-20(3)12-9-13-21(4)16-17-31-18-24(23(6)28-26)27-25(29)15-14-22(5)30-7/h10,12,16,24,28H,5-6,8-9,11,13-15,17-18,26H2,1-4,7H3,(H,27,29)/b20-12+,21-16+. The average molecular weight is 450 g/mol. The molecule has 0 aromatic heterocycles. The molecule has 0 aliphatic heterocycles. The van der Waals surface area contributed by atoms with Gasteiger partial charge in [0.2, 0.25) is 5.91 Å². The van der Waals surface area contributed by atoms with Gasteiger partial charge in [0, 0.05) is 30.0 Å². The Hall–Kier alpha value is -1.92. The van der Waals surface area contributed by atoms with Gasteiger partial charge in [-0.1, -0.05) is 48.1 Å². The van der Waals surface area contributed by atoms with Crippen LogP contribution >= 0.6 is 11.8 Å². The number of methoxy groups -OCH3 is 1. The quantitative estimate of drug-likeness (QED) is 0.0893. The number of amides is 1. The number of hydrogen-bond donors (Lipinski definition) is 3. The normalized spacial score (nSPS) is 12.7. The summed E-state index contributed by atoms with van der Waals surface area (Å²) in [5.41, 5.74) is 7.39. The molecule has 0 spiro atoms. The number of allylic oxidation sites excluding steroid dienone is 6. The van der Waals surface area contributed by atoms with Gasteiger partial charge in [0.25, 0.3) is 0 Å². The summed E-state index contributed by atoms with van der Waals surface area (Å²) in [6.07, 6.45) is 12.1. The second-order valence-electron chi connectivity index (χ2n) is 8.03. The van der Waals surface area contributed by atoms with Crippen molar-refractivity contribution < 1.29 is 9.53 Å². The molecule has 0 rings (SSSR count). The highest BCUT2D eigenvalue weighted by atomic mass is 32.2. The van der Waals surface area contributed by atoms with E-state index in [1.807, 2.05) is 0 Å². The highest BCUT2D eigenvalue weighted by Crippen LogP contribution is 2.14. The van der Waals surface area contributed by atoms with Crippen LogP contribution < -0.4 is 16.6 Å². The van der Waals surface area contributed by atoms with Crippen molar-refractivity contribution in [2.75, 3.05) is 18.6 Å². The second kappa shape index (κ2) is 17.7. The minimum Gasteiger partial charge on any atom is -0.502 e. The lowest BCUT2D eigenvalue weighted by atomic mass is 10.1. The van der Waals surface area contributed by atoms with E-state index in [1.165, 1.54) is 16.7 Å². The van der Waals surface area contributed by atoms with Crippen LogP contribution in [0, 0.1) is 0 Å². The third kappa shape index (κ3) is 16.4. The van der Waals surface area contributed by atoms with Crippen molar-refractivity contribution in [1.82, 2.24) is 10.7 Å². The summed E-state index contributed by atoms with van der Waals surface area (Å²) >= 11 is 1.75. The molecule has 0 saturated carbocycles. The van der Waals surface area contributed by atoms with Crippen LogP contribution in [0.1, 0.15) is 66.2 Å². The lowest BCUT2D eigenvalue weighted by Gasteiger charge is -2.20. The molecule has 0 bridgehead atoms. The van der Waals surface area contributed by atoms with Gasteiger partial charge in [0.05, 0.1) is 18.9 Å². The molecule has 0 heterocycles. The number of carbonyl (C=O) groups is 1. The summed E-state index contributed by atoms with van der Waals surface area (Å²) in [5, 5.41) is 2.97. The maximum absolute atomic E-state index is 12.2. The van der Waals surface area contributed by atoms with E-state index >= 15 is 0 Å².